The molecule has 3 nitrogen and oxygen atoms in total. The minimum Gasteiger partial charge on any atom is -0.462 e. The number of alkyl halides is 3. The summed E-state index contributed by atoms with van der Waals surface area (Å²) >= 11 is 0. The molecule has 0 spiro atoms. The first kappa shape index (κ1) is 16.1. The van der Waals surface area contributed by atoms with Crippen LogP contribution in [0.5, 0.6) is 0 Å². The number of nitrogens with zero attached hydrogens (tertiary/aromatic N) is 1. The summed E-state index contributed by atoms with van der Waals surface area (Å²) in [4.78, 5) is 13.5. The van der Waals surface area contributed by atoms with E-state index in [-0.39, 0.29) is 12.2 Å². The molecule has 0 saturated heterocycles. The van der Waals surface area contributed by atoms with E-state index in [2.05, 4.69) is 0 Å². The highest BCUT2D eigenvalue weighted by atomic mass is 19.4. The van der Waals surface area contributed by atoms with Crippen LogP contribution in [-0.2, 0) is 15.7 Å². The predicted molar refractivity (Wildman–Crippen MR) is 69.7 cm³/mol. The van der Waals surface area contributed by atoms with Crippen molar-refractivity contribution in [1.82, 2.24) is 4.90 Å². The van der Waals surface area contributed by atoms with E-state index >= 15 is 0 Å². The highest BCUT2D eigenvalue weighted by Crippen LogP contribution is 2.30. The number of carbonyl (C=O) groups excluding carboxylic acids is 1. The van der Waals surface area contributed by atoms with Gasteiger partial charge in [-0.15, -0.1) is 0 Å². The highest BCUT2D eigenvalue weighted by molar-refractivity contribution is 6.16. The van der Waals surface area contributed by atoms with Gasteiger partial charge in [0.1, 0.15) is 0 Å². The molecule has 0 fully saturated rings. The number of hydrogen-bond donors (Lipinski definition) is 0. The van der Waals surface area contributed by atoms with Gasteiger partial charge in [0.25, 0.3) is 0 Å². The lowest BCUT2D eigenvalue weighted by Crippen LogP contribution is -2.12. The Kier molecular flexibility index (Phi) is 5.19. The molecule has 20 heavy (non-hydrogen) atoms. The standard InChI is InChI=1S/C14H16F3NO2/c1-4-20-13(19)12(9-18(2)3)10-5-7-11(8-6-10)14(15,16)17/h5-9H,4H2,1-3H3/b12-9+. The van der Waals surface area contributed by atoms with Crippen molar-refractivity contribution in [3.63, 3.8) is 0 Å². The average Bonchev–Trinajstić information content (AvgIpc) is 2.35. The molecule has 0 heterocycles. The molecular weight excluding hydrogens is 271 g/mol. The lowest BCUT2D eigenvalue weighted by molar-refractivity contribution is -0.137. The number of rotatable bonds is 4. The Balaban J connectivity index is 3.13. The first-order valence-corrected chi connectivity index (χ1v) is 5.98. The normalized spacial score (nSPS) is 12.2. The molecule has 0 N–H and O–H groups in total. The zero-order valence-corrected chi connectivity index (χ0v) is 11.5. The number of benzene rings is 1. The van der Waals surface area contributed by atoms with Gasteiger partial charge in [-0.3, -0.25) is 0 Å². The zero-order chi connectivity index (χ0) is 15.3. The molecule has 6 heteroatoms. The second-order valence-electron chi connectivity index (χ2n) is 4.30. The lowest BCUT2D eigenvalue weighted by atomic mass is 10.0. The number of ether oxygens (including phenoxy) is 1. The highest BCUT2D eigenvalue weighted by Gasteiger charge is 2.30. The van der Waals surface area contributed by atoms with Gasteiger partial charge in [0.2, 0.25) is 0 Å². The maximum Gasteiger partial charge on any atom is 0.416 e. The second kappa shape index (κ2) is 6.45. The largest absolute Gasteiger partial charge is 0.462 e. The molecule has 110 valence electrons. The molecule has 0 aliphatic rings. The molecule has 1 rings (SSSR count). The SMILES string of the molecule is CCOC(=O)/C(=C/N(C)C)c1ccc(C(F)(F)F)cc1. The Bertz CT molecular complexity index is 490. The summed E-state index contributed by atoms with van der Waals surface area (Å²) < 4.78 is 42.4. The molecular formula is C14H16F3NO2. The van der Waals surface area contributed by atoms with Crippen molar-refractivity contribution in [1.29, 1.82) is 0 Å². The van der Waals surface area contributed by atoms with E-state index in [0.29, 0.717) is 5.56 Å². The van der Waals surface area contributed by atoms with Gasteiger partial charge < -0.3 is 9.64 Å². The minimum absolute atomic E-state index is 0.199. The van der Waals surface area contributed by atoms with Crippen molar-refractivity contribution in [3.05, 3.63) is 41.6 Å². The third-order valence-corrected chi connectivity index (χ3v) is 2.41. The van der Waals surface area contributed by atoms with Crippen LogP contribution >= 0.6 is 0 Å². The monoisotopic (exact) mass is 287 g/mol. The van der Waals surface area contributed by atoms with Gasteiger partial charge in [-0.1, -0.05) is 12.1 Å². The molecule has 0 amide bonds. The Hall–Kier alpha value is -1.98. The van der Waals surface area contributed by atoms with E-state index in [1.165, 1.54) is 18.3 Å². The van der Waals surface area contributed by atoms with Gasteiger partial charge in [-0.2, -0.15) is 13.2 Å². The summed E-state index contributed by atoms with van der Waals surface area (Å²) in [6.45, 7) is 1.86. The molecule has 0 aliphatic carbocycles. The molecule has 0 radical (unpaired) electrons. The average molecular weight is 287 g/mol. The van der Waals surface area contributed by atoms with Crippen LogP contribution in [0.15, 0.2) is 30.5 Å². The van der Waals surface area contributed by atoms with Crippen molar-refractivity contribution in [2.75, 3.05) is 20.7 Å². The van der Waals surface area contributed by atoms with Crippen LogP contribution in [0.3, 0.4) is 0 Å². The second-order valence-corrected chi connectivity index (χ2v) is 4.30. The Morgan fingerprint density at radius 3 is 2.20 bits per heavy atom. The van der Waals surface area contributed by atoms with Crippen LogP contribution < -0.4 is 0 Å². The van der Waals surface area contributed by atoms with Gasteiger partial charge >= 0.3 is 12.1 Å². The van der Waals surface area contributed by atoms with Crippen molar-refractivity contribution >= 4 is 11.5 Å². The predicted octanol–water partition coefficient (Wildman–Crippen LogP) is 3.17. The third kappa shape index (κ3) is 4.29. The van der Waals surface area contributed by atoms with Crippen molar-refractivity contribution in [2.24, 2.45) is 0 Å². The van der Waals surface area contributed by atoms with Crippen molar-refractivity contribution in [2.45, 2.75) is 13.1 Å². The van der Waals surface area contributed by atoms with Crippen LogP contribution in [-0.4, -0.2) is 31.6 Å². The Labute approximate surface area is 115 Å². The minimum atomic E-state index is -4.39. The van der Waals surface area contributed by atoms with Gasteiger partial charge in [-0.25, -0.2) is 4.79 Å². The fraction of sp³-hybridized carbons (Fsp3) is 0.357. The molecule has 0 saturated carbocycles. The summed E-state index contributed by atoms with van der Waals surface area (Å²) in [5, 5.41) is 0. The Morgan fingerprint density at radius 1 is 1.25 bits per heavy atom. The van der Waals surface area contributed by atoms with E-state index in [9.17, 15) is 18.0 Å². The zero-order valence-electron chi connectivity index (χ0n) is 11.5. The number of esters is 1. The molecule has 0 atom stereocenters. The number of halogens is 3. The smallest absolute Gasteiger partial charge is 0.416 e. The van der Waals surface area contributed by atoms with Crippen molar-refractivity contribution in [3.8, 4) is 0 Å². The fourth-order valence-corrected chi connectivity index (χ4v) is 1.55. The summed E-state index contributed by atoms with van der Waals surface area (Å²) in [7, 11) is 3.42. The van der Waals surface area contributed by atoms with Crippen LogP contribution in [0.2, 0.25) is 0 Å². The van der Waals surface area contributed by atoms with E-state index in [1.807, 2.05) is 0 Å². The van der Waals surface area contributed by atoms with Gasteiger partial charge in [0.15, 0.2) is 0 Å². The first-order valence-electron chi connectivity index (χ1n) is 5.98. The molecule has 0 aliphatic heterocycles. The first-order chi connectivity index (χ1) is 9.25. The maximum atomic E-state index is 12.5. The van der Waals surface area contributed by atoms with Gasteiger partial charge in [0, 0.05) is 20.3 Å². The topological polar surface area (TPSA) is 29.5 Å². The quantitative estimate of drug-likeness (QED) is 0.629. The van der Waals surface area contributed by atoms with E-state index in [4.69, 9.17) is 4.74 Å². The number of hydrogen-bond acceptors (Lipinski definition) is 3. The van der Waals surface area contributed by atoms with Crippen LogP contribution in [0.25, 0.3) is 5.57 Å². The number of carbonyl (C=O) groups is 1. The van der Waals surface area contributed by atoms with Crippen LogP contribution in [0, 0.1) is 0 Å². The molecule has 0 aromatic heterocycles. The van der Waals surface area contributed by atoms with Crippen molar-refractivity contribution < 1.29 is 22.7 Å². The molecule has 1 aromatic rings. The lowest BCUT2D eigenvalue weighted by Gasteiger charge is -2.12. The van der Waals surface area contributed by atoms with E-state index < -0.39 is 17.7 Å². The van der Waals surface area contributed by atoms with Crippen LogP contribution in [0.1, 0.15) is 18.1 Å². The Morgan fingerprint density at radius 2 is 1.80 bits per heavy atom. The summed E-state index contributed by atoms with van der Waals surface area (Å²) in [6.07, 6.45) is -2.88. The van der Waals surface area contributed by atoms with Crippen LogP contribution in [0.4, 0.5) is 13.2 Å². The van der Waals surface area contributed by atoms with E-state index in [0.717, 1.165) is 12.1 Å². The van der Waals surface area contributed by atoms with E-state index in [1.54, 1.807) is 25.9 Å². The summed E-state index contributed by atoms with van der Waals surface area (Å²) in [5.74, 6) is -0.569. The molecule has 0 bridgehead atoms. The molecule has 0 unspecified atom stereocenters. The summed E-state index contributed by atoms with van der Waals surface area (Å²) in [5.41, 5.74) is -0.162. The summed E-state index contributed by atoms with van der Waals surface area (Å²) in [6, 6.07) is 4.40. The maximum absolute atomic E-state index is 12.5. The fourth-order valence-electron chi connectivity index (χ4n) is 1.55. The molecule has 1 aromatic carbocycles. The van der Waals surface area contributed by atoms with Gasteiger partial charge in [0.05, 0.1) is 17.7 Å². The third-order valence-electron chi connectivity index (χ3n) is 2.41. The van der Waals surface area contributed by atoms with Gasteiger partial charge in [-0.05, 0) is 24.6 Å².